The van der Waals surface area contributed by atoms with Gasteiger partial charge in [-0.15, -0.1) is 0 Å². The first-order valence-corrected chi connectivity index (χ1v) is 5.97. The van der Waals surface area contributed by atoms with Gasteiger partial charge in [0, 0.05) is 24.9 Å². The lowest BCUT2D eigenvalue weighted by molar-refractivity contribution is -0.694. The van der Waals surface area contributed by atoms with Gasteiger partial charge < -0.3 is 4.90 Å². The fourth-order valence-electron chi connectivity index (χ4n) is 1.76. The quantitative estimate of drug-likeness (QED) is 0.728. The summed E-state index contributed by atoms with van der Waals surface area (Å²) in [5, 5.41) is 0. The van der Waals surface area contributed by atoms with Gasteiger partial charge in [-0.2, -0.15) is 0 Å². The van der Waals surface area contributed by atoms with Crippen molar-refractivity contribution in [3.8, 4) is 0 Å². The van der Waals surface area contributed by atoms with Crippen molar-refractivity contribution in [1.82, 2.24) is 0 Å². The van der Waals surface area contributed by atoms with Crippen molar-refractivity contribution in [1.29, 1.82) is 0 Å². The van der Waals surface area contributed by atoms with Gasteiger partial charge in [-0.25, -0.2) is 4.57 Å². The van der Waals surface area contributed by atoms with E-state index in [-0.39, 0.29) is 0 Å². The van der Waals surface area contributed by atoms with Gasteiger partial charge >= 0.3 is 0 Å². The highest BCUT2D eigenvalue weighted by molar-refractivity contribution is 5.44. The van der Waals surface area contributed by atoms with Gasteiger partial charge in [0.1, 0.15) is 0 Å². The molecule has 0 radical (unpaired) electrons. The topological polar surface area (TPSA) is 7.12 Å². The van der Waals surface area contributed by atoms with E-state index in [2.05, 4.69) is 72.2 Å². The maximum absolute atomic E-state index is 2.27. The van der Waals surface area contributed by atoms with E-state index in [1.807, 2.05) is 6.07 Å². The molecule has 0 amide bonds. The number of benzene rings is 1. The van der Waals surface area contributed by atoms with E-state index in [0.717, 1.165) is 13.1 Å². The first kappa shape index (κ1) is 11.6. The summed E-state index contributed by atoms with van der Waals surface area (Å²) >= 11 is 0. The van der Waals surface area contributed by atoms with Crippen molar-refractivity contribution >= 4 is 5.69 Å². The molecule has 0 N–H and O–H groups in total. The van der Waals surface area contributed by atoms with Crippen LogP contribution in [0.2, 0.25) is 0 Å². The second-order valence-electron chi connectivity index (χ2n) is 4.37. The van der Waals surface area contributed by atoms with Gasteiger partial charge in [0.15, 0.2) is 18.9 Å². The first-order valence-electron chi connectivity index (χ1n) is 5.97. The van der Waals surface area contributed by atoms with Crippen molar-refractivity contribution in [2.75, 3.05) is 18.5 Å². The third-order valence-electron chi connectivity index (χ3n) is 2.95. The van der Waals surface area contributed by atoms with E-state index in [4.69, 9.17) is 0 Å². The van der Waals surface area contributed by atoms with E-state index < -0.39 is 0 Å². The van der Waals surface area contributed by atoms with Crippen LogP contribution in [0.25, 0.3) is 0 Å². The predicted molar refractivity (Wildman–Crippen MR) is 71.1 cm³/mol. The lowest BCUT2D eigenvalue weighted by Gasteiger charge is -2.17. The second kappa shape index (κ2) is 5.48. The van der Waals surface area contributed by atoms with Gasteiger partial charge in [-0.3, -0.25) is 0 Å². The summed E-state index contributed by atoms with van der Waals surface area (Å²) in [5.74, 6) is 0. The molecule has 0 unspecified atom stereocenters. The molecule has 2 nitrogen and oxygen atoms in total. The van der Waals surface area contributed by atoms with Crippen LogP contribution in [-0.2, 0) is 6.54 Å². The number of hydrogen-bond acceptors (Lipinski definition) is 1. The number of anilines is 1. The first-order chi connectivity index (χ1) is 8.25. The number of aromatic nitrogens is 1. The Hall–Kier alpha value is -1.83. The molecule has 88 valence electrons. The largest absolute Gasteiger partial charge is 0.368 e. The Morgan fingerprint density at radius 3 is 2.29 bits per heavy atom. The van der Waals surface area contributed by atoms with Crippen molar-refractivity contribution in [3.05, 3.63) is 60.4 Å². The molecule has 0 bridgehead atoms. The summed E-state index contributed by atoms with van der Waals surface area (Å²) in [7, 11) is 2.13. The average Bonchev–Trinajstić information content (AvgIpc) is 2.39. The van der Waals surface area contributed by atoms with Crippen LogP contribution in [0.15, 0.2) is 54.9 Å². The average molecular weight is 227 g/mol. The van der Waals surface area contributed by atoms with Crippen LogP contribution in [0.4, 0.5) is 5.69 Å². The Balaban J connectivity index is 1.92. The summed E-state index contributed by atoms with van der Waals surface area (Å²) in [6, 6.07) is 14.8. The Kier molecular flexibility index (Phi) is 3.76. The van der Waals surface area contributed by atoms with Gasteiger partial charge in [-0.1, -0.05) is 18.2 Å². The molecule has 1 aromatic heterocycles. The molecule has 1 aromatic carbocycles. The summed E-state index contributed by atoms with van der Waals surface area (Å²) in [6.45, 7) is 4.13. The van der Waals surface area contributed by atoms with E-state index in [1.165, 1.54) is 11.3 Å². The zero-order valence-electron chi connectivity index (χ0n) is 10.5. The molecule has 0 aliphatic rings. The van der Waals surface area contributed by atoms with Crippen LogP contribution in [-0.4, -0.2) is 13.6 Å². The molecule has 0 aliphatic heterocycles. The van der Waals surface area contributed by atoms with Gasteiger partial charge in [0.05, 0.1) is 6.54 Å². The number of aryl methyl sites for hydroxylation is 1. The molecule has 0 spiro atoms. The van der Waals surface area contributed by atoms with Crippen molar-refractivity contribution in [3.63, 3.8) is 0 Å². The van der Waals surface area contributed by atoms with Crippen LogP contribution < -0.4 is 9.47 Å². The Morgan fingerprint density at radius 2 is 1.65 bits per heavy atom. The fraction of sp³-hybridized carbons (Fsp3) is 0.267. The Bertz CT molecular complexity index is 448. The SMILES string of the molecule is Cc1cc[n+](CCN(C)c2ccccc2)cc1. The summed E-state index contributed by atoms with van der Waals surface area (Å²) < 4.78 is 2.21. The minimum atomic E-state index is 1.01. The molecule has 1 heterocycles. The fourth-order valence-corrected chi connectivity index (χ4v) is 1.76. The number of hydrogen-bond donors (Lipinski definition) is 0. The van der Waals surface area contributed by atoms with Crippen LogP contribution in [0, 0.1) is 6.92 Å². The number of likely N-dealkylation sites (N-methyl/N-ethyl adjacent to an activating group) is 1. The van der Waals surface area contributed by atoms with Crippen molar-refractivity contribution in [2.45, 2.75) is 13.5 Å². The highest BCUT2D eigenvalue weighted by Crippen LogP contribution is 2.09. The lowest BCUT2D eigenvalue weighted by Crippen LogP contribution is -2.39. The molecule has 0 aliphatic carbocycles. The third-order valence-corrected chi connectivity index (χ3v) is 2.95. The number of nitrogens with zero attached hydrogens (tertiary/aromatic N) is 2. The lowest BCUT2D eigenvalue weighted by atomic mass is 10.3. The normalized spacial score (nSPS) is 10.2. The van der Waals surface area contributed by atoms with Crippen molar-refractivity contribution in [2.24, 2.45) is 0 Å². The highest BCUT2D eigenvalue weighted by atomic mass is 15.1. The molecule has 17 heavy (non-hydrogen) atoms. The number of rotatable bonds is 4. The van der Waals surface area contributed by atoms with Crippen LogP contribution in [0.1, 0.15) is 5.56 Å². The maximum Gasteiger partial charge on any atom is 0.169 e. The van der Waals surface area contributed by atoms with Crippen LogP contribution in [0.3, 0.4) is 0 Å². The van der Waals surface area contributed by atoms with E-state index in [1.54, 1.807) is 0 Å². The van der Waals surface area contributed by atoms with Crippen molar-refractivity contribution < 1.29 is 4.57 Å². The van der Waals surface area contributed by atoms with Crippen LogP contribution in [0.5, 0.6) is 0 Å². The molecule has 0 atom stereocenters. The molecule has 0 fully saturated rings. The third kappa shape index (κ3) is 3.31. The Morgan fingerprint density at radius 1 is 1.00 bits per heavy atom. The smallest absolute Gasteiger partial charge is 0.169 e. The molecular formula is C15H19N2+. The molecule has 0 saturated heterocycles. The summed E-state index contributed by atoms with van der Waals surface area (Å²) in [6.07, 6.45) is 4.27. The van der Waals surface area contributed by atoms with Crippen LogP contribution >= 0.6 is 0 Å². The number of para-hydroxylation sites is 1. The van der Waals surface area contributed by atoms with E-state index >= 15 is 0 Å². The standard InChI is InChI=1S/C15H19N2/c1-14-8-10-17(11-9-14)13-12-16(2)15-6-4-3-5-7-15/h3-11H,12-13H2,1-2H3/q+1. The molecular weight excluding hydrogens is 208 g/mol. The zero-order chi connectivity index (χ0) is 12.1. The summed E-state index contributed by atoms with van der Waals surface area (Å²) in [4.78, 5) is 2.27. The van der Waals surface area contributed by atoms with Gasteiger partial charge in [0.2, 0.25) is 0 Å². The predicted octanol–water partition coefficient (Wildman–Crippen LogP) is 2.42. The molecule has 0 saturated carbocycles. The van der Waals surface area contributed by atoms with Gasteiger partial charge in [-0.05, 0) is 24.6 Å². The minimum Gasteiger partial charge on any atom is -0.368 e. The molecule has 2 aromatic rings. The monoisotopic (exact) mass is 227 g/mol. The molecule has 2 heteroatoms. The molecule has 2 rings (SSSR count). The summed E-state index contributed by atoms with van der Waals surface area (Å²) in [5.41, 5.74) is 2.57. The Labute approximate surface area is 103 Å². The van der Waals surface area contributed by atoms with Gasteiger partial charge in [0.25, 0.3) is 0 Å². The maximum atomic E-state index is 2.27. The highest BCUT2D eigenvalue weighted by Gasteiger charge is 2.03. The second-order valence-corrected chi connectivity index (χ2v) is 4.37. The minimum absolute atomic E-state index is 1.01. The van der Waals surface area contributed by atoms with E-state index in [0.29, 0.717) is 0 Å². The number of pyridine rings is 1. The van der Waals surface area contributed by atoms with E-state index in [9.17, 15) is 0 Å². The zero-order valence-corrected chi connectivity index (χ0v) is 10.5.